The molecule has 0 bridgehead atoms. The van der Waals surface area contributed by atoms with Gasteiger partial charge in [-0.3, -0.25) is 11.7 Å². The van der Waals surface area contributed by atoms with Crippen LogP contribution in [-0.2, 0) is 0 Å². The third-order valence-electron chi connectivity index (χ3n) is 2.08. The van der Waals surface area contributed by atoms with Crippen LogP contribution < -0.4 is 39.1 Å². The van der Waals surface area contributed by atoms with Crippen LogP contribution in [0.3, 0.4) is 0 Å². The zero-order chi connectivity index (χ0) is 14.8. The highest BCUT2D eigenvalue weighted by atomic mass is 15.6. The molecule has 0 spiro atoms. The molecule has 0 fully saturated rings. The van der Waals surface area contributed by atoms with E-state index in [9.17, 15) is 0 Å². The molecule has 0 aliphatic heterocycles. The maximum atomic E-state index is 5.32. The Balaban J connectivity index is 0. The molecule has 0 amide bonds. The van der Waals surface area contributed by atoms with Gasteiger partial charge in [-0.25, -0.2) is 0 Å². The number of nitrogens with one attached hydrogen (secondary N) is 3. The molecular formula is C11H34N8. The van der Waals surface area contributed by atoms with Crippen LogP contribution in [0.1, 0.15) is 13.3 Å². The lowest BCUT2D eigenvalue weighted by Gasteiger charge is -2.06. The smallest absolute Gasteiger partial charge is 0.0280 e. The average molecular weight is 278 g/mol. The molecule has 0 aromatic heterocycles. The SMILES string of the molecule is CCCN(N)N.NCCNCCNCCNCCN. The van der Waals surface area contributed by atoms with Crippen molar-refractivity contribution in [2.45, 2.75) is 13.3 Å². The van der Waals surface area contributed by atoms with Gasteiger partial charge in [-0.05, 0) is 6.42 Å². The quantitative estimate of drug-likeness (QED) is 0.115. The predicted molar refractivity (Wildman–Crippen MR) is 82.1 cm³/mol. The molecule has 0 saturated heterocycles. The molecule has 0 aromatic rings. The lowest BCUT2D eigenvalue weighted by molar-refractivity contribution is 0.295. The van der Waals surface area contributed by atoms with Crippen LogP contribution in [0, 0.1) is 0 Å². The minimum atomic E-state index is 0.706. The minimum absolute atomic E-state index is 0.706. The Kier molecular flexibility index (Phi) is 22.1. The van der Waals surface area contributed by atoms with Crippen molar-refractivity contribution in [2.75, 3.05) is 58.9 Å². The van der Waals surface area contributed by atoms with Crippen molar-refractivity contribution < 1.29 is 0 Å². The van der Waals surface area contributed by atoms with E-state index in [1.807, 2.05) is 6.92 Å². The first-order chi connectivity index (χ1) is 9.18. The molecule has 0 aliphatic carbocycles. The van der Waals surface area contributed by atoms with Gasteiger partial charge in [0.2, 0.25) is 0 Å². The van der Waals surface area contributed by atoms with E-state index in [-0.39, 0.29) is 0 Å². The van der Waals surface area contributed by atoms with E-state index in [2.05, 4.69) is 16.0 Å². The number of rotatable bonds is 12. The number of nitrogens with zero attached hydrogens (tertiary/aromatic N) is 1. The summed E-state index contributed by atoms with van der Waals surface area (Å²) in [7, 11) is 0. The summed E-state index contributed by atoms with van der Waals surface area (Å²) in [5.41, 5.74) is 10.6. The summed E-state index contributed by atoms with van der Waals surface area (Å²) in [4.78, 5) is 0. The van der Waals surface area contributed by atoms with Crippen molar-refractivity contribution in [3.63, 3.8) is 0 Å². The summed E-state index contributed by atoms with van der Waals surface area (Å²) in [6.07, 6.45) is 1.01. The van der Waals surface area contributed by atoms with E-state index in [1.54, 1.807) is 0 Å². The second-order valence-corrected chi connectivity index (χ2v) is 4.07. The largest absolute Gasteiger partial charge is 0.329 e. The van der Waals surface area contributed by atoms with Gasteiger partial charge in [0.25, 0.3) is 0 Å². The standard InChI is InChI=1S/C8H23N5.C3H11N3/c9-1-3-11-5-7-13-8-6-12-4-2-10;1-2-3-6(4)5/h11-13H,1-10H2;2-5H2,1H3. The van der Waals surface area contributed by atoms with Crippen molar-refractivity contribution in [3.8, 4) is 0 Å². The fourth-order valence-corrected chi connectivity index (χ4v) is 1.19. The van der Waals surface area contributed by atoms with E-state index in [4.69, 9.17) is 23.2 Å². The molecule has 0 saturated carbocycles. The van der Waals surface area contributed by atoms with Crippen LogP contribution in [0.2, 0.25) is 0 Å². The molecule has 118 valence electrons. The fraction of sp³-hybridized carbons (Fsp3) is 1.00. The Bertz CT molecular complexity index is 135. The number of nitrogens with two attached hydrogens (primary N) is 4. The highest BCUT2D eigenvalue weighted by molar-refractivity contribution is 4.54. The zero-order valence-corrected chi connectivity index (χ0v) is 12.3. The van der Waals surface area contributed by atoms with Gasteiger partial charge in [0.15, 0.2) is 0 Å². The maximum absolute atomic E-state index is 5.32. The van der Waals surface area contributed by atoms with Gasteiger partial charge in [0.05, 0.1) is 0 Å². The lowest BCUT2D eigenvalue weighted by atomic mass is 10.5. The van der Waals surface area contributed by atoms with Gasteiger partial charge in [-0.2, -0.15) is 5.12 Å². The normalized spacial score (nSPS) is 10.4. The van der Waals surface area contributed by atoms with Crippen LogP contribution in [-0.4, -0.2) is 64.0 Å². The first-order valence-corrected chi connectivity index (χ1v) is 6.98. The van der Waals surface area contributed by atoms with Crippen LogP contribution in [0.15, 0.2) is 0 Å². The Morgan fingerprint density at radius 3 is 1.32 bits per heavy atom. The zero-order valence-electron chi connectivity index (χ0n) is 12.3. The minimum Gasteiger partial charge on any atom is -0.329 e. The van der Waals surface area contributed by atoms with E-state index >= 15 is 0 Å². The molecule has 19 heavy (non-hydrogen) atoms. The molecule has 11 N–H and O–H groups in total. The van der Waals surface area contributed by atoms with Crippen molar-refractivity contribution in [1.82, 2.24) is 21.1 Å². The topological polar surface area (TPSA) is 143 Å². The molecule has 0 unspecified atom stereocenters. The van der Waals surface area contributed by atoms with E-state index in [0.29, 0.717) is 13.1 Å². The summed E-state index contributed by atoms with van der Waals surface area (Å²) >= 11 is 0. The Morgan fingerprint density at radius 1 is 0.737 bits per heavy atom. The molecule has 0 aromatic carbocycles. The summed E-state index contributed by atoms with van der Waals surface area (Å²) in [5, 5.41) is 10.9. The maximum Gasteiger partial charge on any atom is 0.0280 e. The third kappa shape index (κ3) is 27.0. The van der Waals surface area contributed by atoms with Gasteiger partial charge in [-0.1, -0.05) is 6.92 Å². The van der Waals surface area contributed by atoms with E-state index in [0.717, 1.165) is 52.2 Å². The Hall–Kier alpha value is -0.320. The molecule has 0 atom stereocenters. The molecule has 8 nitrogen and oxygen atoms in total. The Labute approximate surface area is 117 Å². The van der Waals surface area contributed by atoms with E-state index in [1.165, 1.54) is 5.12 Å². The molecule has 0 radical (unpaired) electrons. The molecule has 0 heterocycles. The van der Waals surface area contributed by atoms with Crippen LogP contribution in [0.5, 0.6) is 0 Å². The Morgan fingerprint density at radius 2 is 1.11 bits per heavy atom. The highest BCUT2D eigenvalue weighted by Crippen LogP contribution is 1.69. The third-order valence-corrected chi connectivity index (χ3v) is 2.08. The number of hydrogen-bond acceptors (Lipinski definition) is 8. The molecular weight excluding hydrogens is 244 g/mol. The summed E-state index contributed by atoms with van der Waals surface area (Å²) in [6, 6.07) is 0. The average Bonchev–Trinajstić information content (AvgIpc) is 2.37. The van der Waals surface area contributed by atoms with Gasteiger partial charge >= 0.3 is 0 Å². The van der Waals surface area contributed by atoms with E-state index < -0.39 is 0 Å². The van der Waals surface area contributed by atoms with Gasteiger partial charge in [0.1, 0.15) is 0 Å². The van der Waals surface area contributed by atoms with Crippen molar-refractivity contribution in [3.05, 3.63) is 0 Å². The van der Waals surface area contributed by atoms with Crippen molar-refractivity contribution in [1.29, 1.82) is 0 Å². The highest BCUT2D eigenvalue weighted by Gasteiger charge is 1.87. The monoisotopic (exact) mass is 278 g/mol. The predicted octanol–water partition coefficient (Wildman–Crippen LogP) is -2.88. The number of hydrogen-bond donors (Lipinski definition) is 7. The lowest BCUT2D eigenvalue weighted by Crippen LogP contribution is -2.38. The van der Waals surface area contributed by atoms with Gasteiger partial charge < -0.3 is 27.4 Å². The first-order valence-electron chi connectivity index (χ1n) is 6.98. The molecule has 0 aliphatic rings. The van der Waals surface area contributed by atoms with Crippen molar-refractivity contribution >= 4 is 0 Å². The summed E-state index contributed by atoms with van der Waals surface area (Å²) < 4.78 is 0. The van der Waals surface area contributed by atoms with Gasteiger partial charge in [0, 0.05) is 58.9 Å². The number of hydrazine groups is 2. The van der Waals surface area contributed by atoms with Crippen LogP contribution in [0.25, 0.3) is 0 Å². The summed E-state index contributed by atoms with van der Waals surface area (Å²) in [5.74, 6) is 10.0. The second-order valence-electron chi connectivity index (χ2n) is 4.07. The van der Waals surface area contributed by atoms with Gasteiger partial charge in [-0.15, -0.1) is 0 Å². The van der Waals surface area contributed by atoms with Crippen LogP contribution >= 0.6 is 0 Å². The first kappa shape index (κ1) is 21.0. The molecule has 8 heteroatoms. The van der Waals surface area contributed by atoms with Crippen LogP contribution in [0.4, 0.5) is 0 Å². The summed E-state index contributed by atoms with van der Waals surface area (Å²) in [6.45, 7) is 9.93. The molecule has 0 rings (SSSR count). The fourth-order valence-electron chi connectivity index (χ4n) is 1.19. The second kappa shape index (κ2) is 20.0. The van der Waals surface area contributed by atoms with Crippen molar-refractivity contribution in [2.24, 2.45) is 23.2 Å².